The maximum atomic E-state index is 4.68. The molecule has 1 aliphatic rings. The highest BCUT2D eigenvalue weighted by Crippen LogP contribution is 2.33. The first-order valence-corrected chi connectivity index (χ1v) is 9.20. The number of piperidine rings is 1. The van der Waals surface area contributed by atoms with Gasteiger partial charge in [-0.15, -0.1) is 0 Å². The number of rotatable bonds is 2. The van der Waals surface area contributed by atoms with E-state index < -0.39 is 0 Å². The first kappa shape index (κ1) is 15.5. The van der Waals surface area contributed by atoms with Crippen LogP contribution in [0.15, 0.2) is 30.7 Å². The lowest BCUT2D eigenvalue weighted by molar-refractivity contribution is 0.456. The third kappa shape index (κ3) is 2.41. The quantitative estimate of drug-likeness (QED) is 0.584. The lowest BCUT2D eigenvalue weighted by atomic mass is 9.91. The van der Waals surface area contributed by atoms with Gasteiger partial charge in [0, 0.05) is 29.6 Å². The average Bonchev–Trinajstić information content (AvgIpc) is 3.29. The molecule has 0 spiro atoms. The highest BCUT2D eigenvalue weighted by Gasteiger charge is 2.21. The fourth-order valence-corrected chi connectivity index (χ4v) is 4.19. The number of nitrogens with zero attached hydrogens (tertiary/aromatic N) is 4. The molecule has 6 nitrogen and oxygen atoms in total. The second kappa shape index (κ2) is 5.92. The van der Waals surface area contributed by atoms with E-state index in [0.29, 0.717) is 5.92 Å². The van der Waals surface area contributed by atoms with Crippen LogP contribution in [0.2, 0.25) is 0 Å². The summed E-state index contributed by atoms with van der Waals surface area (Å²) in [6, 6.07) is 6.63. The minimum Gasteiger partial charge on any atom is -0.316 e. The summed E-state index contributed by atoms with van der Waals surface area (Å²) in [5.41, 5.74) is 7.92. The number of nitrogens with one attached hydrogen (secondary N) is 2. The topological polar surface area (TPSA) is 70.9 Å². The molecule has 1 aliphatic heterocycles. The summed E-state index contributed by atoms with van der Waals surface area (Å²) in [4.78, 5) is 4.31. The molecule has 0 saturated carbocycles. The first-order valence-electron chi connectivity index (χ1n) is 9.20. The maximum Gasteiger partial charge on any atom is 0.158 e. The summed E-state index contributed by atoms with van der Waals surface area (Å²) in [7, 11) is 0. The van der Waals surface area contributed by atoms with Gasteiger partial charge in [0.1, 0.15) is 6.33 Å². The Kier molecular flexibility index (Phi) is 3.53. The molecule has 6 heteroatoms. The highest BCUT2D eigenvalue weighted by molar-refractivity contribution is 5.90. The van der Waals surface area contributed by atoms with E-state index in [1.165, 1.54) is 35.0 Å². The zero-order chi connectivity index (χ0) is 17.7. The molecule has 3 aromatic heterocycles. The monoisotopic (exact) mass is 346 g/mol. The third-order valence-corrected chi connectivity index (χ3v) is 5.46. The molecule has 26 heavy (non-hydrogen) atoms. The Morgan fingerprint density at radius 3 is 2.85 bits per heavy atom. The van der Waals surface area contributed by atoms with Crippen LogP contribution in [0.25, 0.3) is 27.7 Å². The lowest BCUT2D eigenvalue weighted by Gasteiger charge is -2.21. The largest absolute Gasteiger partial charge is 0.316 e. The Bertz CT molecular complexity index is 1100. The Hall–Kier alpha value is -2.73. The summed E-state index contributed by atoms with van der Waals surface area (Å²) in [5, 5.41) is 17.0. The number of hydrogen-bond acceptors (Lipinski definition) is 4. The van der Waals surface area contributed by atoms with E-state index in [1.54, 1.807) is 6.33 Å². The molecule has 0 radical (unpaired) electrons. The van der Waals surface area contributed by atoms with Crippen molar-refractivity contribution in [1.29, 1.82) is 0 Å². The van der Waals surface area contributed by atoms with Gasteiger partial charge in [-0.05, 0) is 62.1 Å². The van der Waals surface area contributed by atoms with E-state index in [2.05, 4.69) is 57.6 Å². The third-order valence-electron chi connectivity index (χ3n) is 5.46. The van der Waals surface area contributed by atoms with E-state index in [9.17, 15) is 0 Å². The smallest absolute Gasteiger partial charge is 0.158 e. The summed E-state index contributed by atoms with van der Waals surface area (Å²) in [6.07, 6.45) is 6.06. The molecule has 1 fully saturated rings. The molecule has 1 atom stereocenters. The van der Waals surface area contributed by atoms with Crippen molar-refractivity contribution in [3.05, 3.63) is 47.5 Å². The number of H-pyrrole nitrogens is 1. The van der Waals surface area contributed by atoms with E-state index in [1.807, 2.05) is 10.7 Å². The van der Waals surface area contributed by atoms with Gasteiger partial charge in [-0.1, -0.05) is 6.07 Å². The van der Waals surface area contributed by atoms with Crippen LogP contribution >= 0.6 is 0 Å². The normalized spacial score (nSPS) is 18.0. The van der Waals surface area contributed by atoms with Gasteiger partial charge in [-0.3, -0.25) is 5.10 Å². The van der Waals surface area contributed by atoms with Gasteiger partial charge in [0.2, 0.25) is 0 Å². The van der Waals surface area contributed by atoms with Gasteiger partial charge in [0.15, 0.2) is 5.65 Å². The molecule has 0 aliphatic carbocycles. The van der Waals surface area contributed by atoms with Crippen molar-refractivity contribution < 1.29 is 0 Å². The van der Waals surface area contributed by atoms with Crippen molar-refractivity contribution in [1.82, 2.24) is 30.1 Å². The number of aromatic nitrogens is 5. The first-order chi connectivity index (χ1) is 12.7. The van der Waals surface area contributed by atoms with Crippen LogP contribution < -0.4 is 5.32 Å². The van der Waals surface area contributed by atoms with E-state index >= 15 is 0 Å². The Morgan fingerprint density at radius 2 is 2.00 bits per heavy atom. The number of hydrogen-bond donors (Lipinski definition) is 2. The number of aromatic amines is 1. The summed E-state index contributed by atoms with van der Waals surface area (Å²) in [6.45, 7) is 6.39. The standard InChI is InChI=1S/C20H22N6/c1-12-6-15(16-7-13(2)20-22-11-23-26(20)10-16)8-17-18(12)19(25-24-17)14-4-3-5-21-9-14/h6-8,10-11,14,21H,3-5,9H2,1-2H3,(H,24,25). The molecule has 132 valence electrons. The average molecular weight is 346 g/mol. The molecular formula is C20H22N6. The minimum atomic E-state index is 0.496. The van der Waals surface area contributed by atoms with Crippen molar-refractivity contribution in [2.24, 2.45) is 0 Å². The van der Waals surface area contributed by atoms with Crippen LogP contribution in [0.5, 0.6) is 0 Å². The second-order valence-electron chi connectivity index (χ2n) is 7.31. The number of fused-ring (bicyclic) bond motifs is 2. The molecule has 4 aromatic rings. The SMILES string of the molecule is Cc1cc(-c2cc(C)c3ncnn3c2)cc2[nH]nc(C3CCCNC3)c12. The number of pyridine rings is 1. The van der Waals surface area contributed by atoms with Crippen molar-refractivity contribution >= 4 is 16.6 Å². The fourth-order valence-electron chi connectivity index (χ4n) is 4.19. The molecule has 1 unspecified atom stereocenters. The van der Waals surface area contributed by atoms with Crippen LogP contribution in [-0.4, -0.2) is 37.9 Å². The highest BCUT2D eigenvalue weighted by atomic mass is 15.3. The van der Waals surface area contributed by atoms with Crippen molar-refractivity contribution in [2.75, 3.05) is 13.1 Å². The zero-order valence-corrected chi connectivity index (χ0v) is 15.1. The predicted octanol–water partition coefficient (Wildman–Crippen LogP) is 3.36. The van der Waals surface area contributed by atoms with Crippen LogP contribution in [0, 0.1) is 13.8 Å². The summed E-state index contributed by atoms with van der Waals surface area (Å²) >= 11 is 0. The molecular weight excluding hydrogens is 324 g/mol. The zero-order valence-electron chi connectivity index (χ0n) is 15.1. The van der Waals surface area contributed by atoms with Crippen LogP contribution in [-0.2, 0) is 0 Å². The van der Waals surface area contributed by atoms with Gasteiger partial charge in [-0.25, -0.2) is 9.50 Å². The molecule has 0 bridgehead atoms. The Balaban J connectivity index is 1.63. The summed E-state index contributed by atoms with van der Waals surface area (Å²) in [5.74, 6) is 0.496. The lowest BCUT2D eigenvalue weighted by Crippen LogP contribution is -2.28. The Labute approximate surface area is 151 Å². The molecule has 5 rings (SSSR count). The molecule has 2 N–H and O–H groups in total. The van der Waals surface area contributed by atoms with Gasteiger partial charge < -0.3 is 5.32 Å². The molecule has 4 heterocycles. The van der Waals surface area contributed by atoms with Crippen LogP contribution in [0.4, 0.5) is 0 Å². The molecule has 0 amide bonds. The van der Waals surface area contributed by atoms with E-state index in [-0.39, 0.29) is 0 Å². The van der Waals surface area contributed by atoms with Gasteiger partial charge in [0.05, 0.1) is 11.2 Å². The number of aryl methyl sites for hydroxylation is 2. The fraction of sp³-hybridized carbons (Fsp3) is 0.350. The Morgan fingerprint density at radius 1 is 1.12 bits per heavy atom. The van der Waals surface area contributed by atoms with Crippen LogP contribution in [0.3, 0.4) is 0 Å². The van der Waals surface area contributed by atoms with Gasteiger partial charge in [0.25, 0.3) is 0 Å². The van der Waals surface area contributed by atoms with E-state index in [0.717, 1.165) is 35.4 Å². The van der Waals surface area contributed by atoms with E-state index in [4.69, 9.17) is 0 Å². The second-order valence-corrected chi connectivity index (χ2v) is 7.31. The van der Waals surface area contributed by atoms with Gasteiger partial charge in [-0.2, -0.15) is 10.2 Å². The minimum absolute atomic E-state index is 0.496. The van der Waals surface area contributed by atoms with Crippen LogP contribution in [0.1, 0.15) is 35.6 Å². The molecule has 1 saturated heterocycles. The molecule has 1 aromatic carbocycles. The van der Waals surface area contributed by atoms with Gasteiger partial charge >= 0.3 is 0 Å². The van der Waals surface area contributed by atoms with Crippen molar-refractivity contribution in [3.63, 3.8) is 0 Å². The number of benzene rings is 1. The van der Waals surface area contributed by atoms with Crippen molar-refractivity contribution in [2.45, 2.75) is 32.6 Å². The van der Waals surface area contributed by atoms with Crippen molar-refractivity contribution in [3.8, 4) is 11.1 Å². The summed E-state index contributed by atoms with van der Waals surface area (Å²) < 4.78 is 1.84. The predicted molar refractivity (Wildman–Crippen MR) is 102 cm³/mol. The maximum absolute atomic E-state index is 4.68.